The Hall–Kier alpha value is -2.63. The van der Waals surface area contributed by atoms with Gasteiger partial charge in [0.15, 0.2) is 0 Å². The normalized spacial score (nSPS) is 10.0. The van der Waals surface area contributed by atoms with Crippen LogP contribution in [0.4, 0.5) is 0 Å². The van der Waals surface area contributed by atoms with E-state index in [1.54, 1.807) is 25.1 Å². The lowest BCUT2D eigenvalue weighted by Crippen LogP contribution is -2.02. The highest BCUT2D eigenvalue weighted by Gasteiger charge is 2.14. The fourth-order valence-corrected chi connectivity index (χ4v) is 1.45. The number of carbonyl (C=O) groups is 1. The number of ether oxygens (including phenoxy) is 2. The highest BCUT2D eigenvalue weighted by molar-refractivity contribution is 5.91. The number of rotatable bonds is 4. The van der Waals surface area contributed by atoms with E-state index in [-0.39, 0.29) is 17.2 Å². The minimum Gasteiger partial charge on any atom is -0.497 e. The molecule has 1 aromatic carbocycles. The first-order chi connectivity index (χ1) is 9.10. The maximum absolute atomic E-state index is 11.2. The monoisotopic (exact) mass is 260 g/mol. The Morgan fingerprint density at radius 3 is 2.58 bits per heavy atom. The van der Waals surface area contributed by atoms with E-state index in [1.165, 1.54) is 19.2 Å². The Kier molecular flexibility index (Phi) is 3.61. The largest absolute Gasteiger partial charge is 0.497 e. The number of aryl methyl sites for hydroxylation is 1. The molecular weight excluding hydrogens is 248 g/mol. The molecule has 98 valence electrons. The van der Waals surface area contributed by atoms with Gasteiger partial charge in [-0.15, -0.1) is 5.10 Å². The number of aromatic carboxylic acids is 1. The van der Waals surface area contributed by atoms with Crippen molar-refractivity contribution in [2.24, 2.45) is 0 Å². The van der Waals surface area contributed by atoms with Crippen LogP contribution < -0.4 is 9.47 Å². The quantitative estimate of drug-likeness (QED) is 0.908. The number of carboxylic acid groups (broad SMARTS) is 1. The fraction of sp³-hybridized carbons (Fsp3) is 0.154. The van der Waals surface area contributed by atoms with Crippen molar-refractivity contribution in [3.63, 3.8) is 0 Å². The third-order valence-electron chi connectivity index (χ3n) is 2.41. The lowest BCUT2D eigenvalue weighted by atomic mass is 10.2. The molecule has 0 aliphatic heterocycles. The van der Waals surface area contributed by atoms with E-state index < -0.39 is 5.97 Å². The molecule has 2 rings (SSSR count). The van der Waals surface area contributed by atoms with Gasteiger partial charge in [0.05, 0.1) is 12.8 Å². The van der Waals surface area contributed by atoms with E-state index in [1.807, 2.05) is 0 Å². The van der Waals surface area contributed by atoms with Gasteiger partial charge in [-0.2, -0.15) is 5.10 Å². The Morgan fingerprint density at radius 1 is 1.21 bits per heavy atom. The summed E-state index contributed by atoms with van der Waals surface area (Å²) in [4.78, 5) is 11.2. The maximum Gasteiger partial charge on any atom is 0.339 e. The third-order valence-corrected chi connectivity index (χ3v) is 2.41. The van der Waals surface area contributed by atoms with Gasteiger partial charge in [-0.25, -0.2) is 4.79 Å². The van der Waals surface area contributed by atoms with Gasteiger partial charge >= 0.3 is 5.97 Å². The number of hydrogen-bond acceptors (Lipinski definition) is 5. The van der Waals surface area contributed by atoms with Crippen molar-refractivity contribution in [1.29, 1.82) is 0 Å². The lowest BCUT2D eigenvalue weighted by Gasteiger charge is -2.09. The first kappa shape index (κ1) is 12.8. The zero-order chi connectivity index (χ0) is 13.8. The Bertz CT molecular complexity index is 596. The molecule has 0 spiro atoms. The fourth-order valence-electron chi connectivity index (χ4n) is 1.45. The van der Waals surface area contributed by atoms with Crippen molar-refractivity contribution in [3.8, 4) is 17.4 Å². The second-order valence-corrected chi connectivity index (χ2v) is 3.78. The molecule has 0 amide bonds. The van der Waals surface area contributed by atoms with Crippen LogP contribution in [0.2, 0.25) is 0 Å². The van der Waals surface area contributed by atoms with E-state index in [0.29, 0.717) is 5.75 Å². The maximum atomic E-state index is 11.2. The van der Waals surface area contributed by atoms with Crippen LogP contribution in [-0.2, 0) is 0 Å². The summed E-state index contributed by atoms with van der Waals surface area (Å²) in [7, 11) is 1.47. The molecule has 0 unspecified atom stereocenters. The molecule has 2 aromatic rings. The molecule has 1 aromatic heterocycles. The predicted molar refractivity (Wildman–Crippen MR) is 66.8 cm³/mol. The first-order valence-electron chi connectivity index (χ1n) is 5.49. The third kappa shape index (κ3) is 2.98. The summed E-state index contributed by atoms with van der Waals surface area (Å²) in [6.07, 6.45) is 0. The van der Waals surface area contributed by atoms with Crippen molar-refractivity contribution in [3.05, 3.63) is 41.6 Å². The number of aromatic nitrogens is 2. The average Bonchev–Trinajstić information content (AvgIpc) is 2.41. The molecule has 0 aliphatic carbocycles. The lowest BCUT2D eigenvalue weighted by molar-refractivity contribution is 0.0693. The summed E-state index contributed by atoms with van der Waals surface area (Å²) in [6.45, 7) is 1.80. The number of methoxy groups -OCH3 is 1. The predicted octanol–water partition coefficient (Wildman–Crippen LogP) is 2.28. The highest BCUT2D eigenvalue weighted by atomic mass is 16.5. The summed E-state index contributed by atoms with van der Waals surface area (Å²) >= 11 is 0. The zero-order valence-electron chi connectivity index (χ0n) is 10.5. The molecule has 0 bridgehead atoms. The molecule has 1 heterocycles. The molecule has 6 heteroatoms. The number of benzene rings is 1. The molecule has 0 radical (unpaired) electrons. The molecule has 0 saturated heterocycles. The van der Waals surface area contributed by atoms with E-state index in [9.17, 15) is 4.79 Å². The summed E-state index contributed by atoms with van der Waals surface area (Å²) < 4.78 is 10.4. The molecule has 6 nitrogen and oxygen atoms in total. The van der Waals surface area contributed by atoms with E-state index in [0.717, 1.165) is 5.69 Å². The van der Waals surface area contributed by atoms with Gasteiger partial charge in [-0.3, -0.25) is 0 Å². The van der Waals surface area contributed by atoms with Crippen molar-refractivity contribution in [1.82, 2.24) is 10.2 Å². The van der Waals surface area contributed by atoms with Crippen molar-refractivity contribution < 1.29 is 19.4 Å². The summed E-state index contributed by atoms with van der Waals surface area (Å²) in [5, 5.41) is 16.8. The Morgan fingerprint density at radius 2 is 2.00 bits per heavy atom. The minimum atomic E-state index is -1.10. The minimum absolute atomic E-state index is 0.00160. The summed E-state index contributed by atoms with van der Waals surface area (Å²) in [5.74, 6) is -0.238. The van der Waals surface area contributed by atoms with Crippen LogP contribution in [-0.4, -0.2) is 28.4 Å². The molecule has 0 saturated carbocycles. The van der Waals surface area contributed by atoms with Crippen LogP contribution in [0.5, 0.6) is 17.4 Å². The smallest absolute Gasteiger partial charge is 0.339 e. The van der Waals surface area contributed by atoms with Gasteiger partial charge in [0, 0.05) is 6.07 Å². The highest BCUT2D eigenvalue weighted by Crippen LogP contribution is 2.27. The standard InChI is InChI=1S/C13H12N2O4/c1-8-3-6-12(15-14-8)19-11-5-4-9(18-2)7-10(11)13(16)17/h3-7H,1-2H3,(H,16,17). The van der Waals surface area contributed by atoms with Gasteiger partial charge in [0.2, 0.25) is 5.88 Å². The van der Waals surface area contributed by atoms with Crippen LogP contribution in [0.25, 0.3) is 0 Å². The zero-order valence-corrected chi connectivity index (χ0v) is 10.5. The van der Waals surface area contributed by atoms with Crippen LogP contribution in [0.3, 0.4) is 0 Å². The topological polar surface area (TPSA) is 81.5 Å². The van der Waals surface area contributed by atoms with Crippen LogP contribution in [0, 0.1) is 6.92 Å². The van der Waals surface area contributed by atoms with E-state index in [2.05, 4.69) is 10.2 Å². The van der Waals surface area contributed by atoms with E-state index >= 15 is 0 Å². The number of nitrogens with zero attached hydrogens (tertiary/aromatic N) is 2. The molecular formula is C13H12N2O4. The van der Waals surface area contributed by atoms with Gasteiger partial charge in [-0.05, 0) is 31.2 Å². The molecule has 19 heavy (non-hydrogen) atoms. The van der Waals surface area contributed by atoms with Crippen LogP contribution >= 0.6 is 0 Å². The van der Waals surface area contributed by atoms with Crippen molar-refractivity contribution in [2.75, 3.05) is 7.11 Å². The SMILES string of the molecule is COc1ccc(Oc2ccc(C)nn2)c(C(=O)O)c1. The summed E-state index contributed by atoms with van der Waals surface area (Å²) in [5.41, 5.74) is 0.752. The Balaban J connectivity index is 2.33. The molecule has 1 N–H and O–H groups in total. The second kappa shape index (κ2) is 5.34. The van der Waals surface area contributed by atoms with Crippen LogP contribution in [0.15, 0.2) is 30.3 Å². The van der Waals surface area contributed by atoms with Gasteiger partial charge in [0.25, 0.3) is 0 Å². The second-order valence-electron chi connectivity index (χ2n) is 3.78. The van der Waals surface area contributed by atoms with Gasteiger partial charge in [-0.1, -0.05) is 0 Å². The van der Waals surface area contributed by atoms with Crippen molar-refractivity contribution >= 4 is 5.97 Å². The number of carboxylic acids is 1. The van der Waals surface area contributed by atoms with Crippen LogP contribution in [0.1, 0.15) is 16.1 Å². The van der Waals surface area contributed by atoms with Gasteiger partial charge in [0.1, 0.15) is 17.1 Å². The molecule has 0 atom stereocenters. The number of hydrogen-bond donors (Lipinski definition) is 1. The van der Waals surface area contributed by atoms with Gasteiger partial charge < -0.3 is 14.6 Å². The van der Waals surface area contributed by atoms with Crippen molar-refractivity contribution in [2.45, 2.75) is 6.92 Å². The summed E-state index contributed by atoms with van der Waals surface area (Å²) in [6, 6.07) is 7.87. The Labute approximate surface area is 109 Å². The van der Waals surface area contributed by atoms with E-state index in [4.69, 9.17) is 14.6 Å². The molecule has 0 aliphatic rings. The molecule has 0 fully saturated rings. The first-order valence-corrected chi connectivity index (χ1v) is 5.49. The average molecular weight is 260 g/mol.